The number of likely N-dealkylation sites (N-methyl/N-ethyl adjacent to an activating group) is 1. The summed E-state index contributed by atoms with van der Waals surface area (Å²) in [5.41, 5.74) is 7.68. The smallest absolute Gasteiger partial charge is 0.0270 e. The molecular formula is C14H23N3. The molecule has 1 aromatic rings. The Balaban J connectivity index is 1.76. The third-order valence-corrected chi connectivity index (χ3v) is 3.98. The molecule has 1 fully saturated rings. The lowest BCUT2D eigenvalue weighted by atomic mass is 9.68. The fraction of sp³-hybridized carbons (Fsp3) is 0.643. The van der Waals surface area contributed by atoms with Gasteiger partial charge >= 0.3 is 0 Å². The Morgan fingerprint density at radius 1 is 1.35 bits per heavy atom. The highest BCUT2D eigenvalue weighted by Crippen LogP contribution is 2.40. The summed E-state index contributed by atoms with van der Waals surface area (Å²) in [5.74, 6) is 0. The minimum atomic E-state index is 0.424. The van der Waals surface area contributed by atoms with Gasteiger partial charge in [0.1, 0.15) is 0 Å². The second kappa shape index (κ2) is 5.61. The van der Waals surface area contributed by atoms with Crippen LogP contribution in [0, 0.1) is 5.41 Å². The van der Waals surface area contributed by atoms with Crippen molar-refractivity contribution in [3.05, 3.63) is 30.1 Å². The zero-order chi connectivity index (χ0) is 12.1. The molecule has 1 heterocycles. The third-order valence-electron chi connectivity index (χ3n) is 3.98. The molecule has 0 spiro atoms. The minimum absolute atomic E-state index is 0.424. The molecular weight excluding hydrogens is 210 g/mol. The summed E-state index contributed by atoms with van der Waals surface area (Å²) in [6.07, 6.45) is 8.80. The van der Waals surface area contributed by atoms with Gasteiger partial charge in [-0.25, -0.2) is 0 Å². The van der Waals surface area contributed by atoms with E-state index < -0.39 is 0 Å². The van der Waals surface area contributed by atoms with Gasteiger partial charge in [0.05, 0.1) is 0 Å². The number of hydrogen-bond acceptors (Lipinski definition) is 3. The normalized spacial score (nSPS) is 18.1. The zero-order valence-electron chi connectivity index (χ0n) is 10.7. The lowest BCUT2D eigenvalue weighted by molar-refractivity contribution is 0.0882. The molecule has 0 atom stereocenters. The topological polar surface area (TPSA) is 42.2 Å². The summed E-state index contributed by atoms with van der Waals surface area (Å²) in [5, 5.41) is 0. The number of nitrogens with zero attached hydrogens (tertiary/aromatic N) is 2. The largest absolute Gasteiger partial charge is 0.330 e. The molecule has 94 valence electrons. The Morgan fingerprint density at radius 2 is 2.06 bits per heavy atom. The van der Waals surface area contributed by atoms with Crippen LogP contribution in [-0.2, 0) is 6.42 Å². The van der Waals surface area contributed by atoms with Crippen molar-refractivity contribution in [3.63, 3.8) is 0 Å². The van der Waals surface area contributed by atoms with Crippen molar-refractivity contribution in [2.45, 2.75) is 25.7 Å². The Labute approximate surface area is 104 Å². The molecule has 0 radical (unpaired) electrons. The Hall–Kier alpha value is -0.930. The highest BCUT2D eigenvalue weighted by molar-refractivity contribution is 5.09. The summed E-state index contributed by atoms with van der Waals surface area (Å²) in [6, 6.07) is 4.19. The van der Waals surface area contributed by atoms with Gasteiger partial charge in [0.2, 0.25) is 0 Å². The highest BCUT2D eigenvalue weighted by atomic mass is 15.1. The average Bonchev–Trinajstić information content (AvgIpc) is 2.33. The van der Waals surface area contributed by atoms with Gasteiger partial charge in [-0.3, -0.25) is 4.98 Å². The van der Waals surface area contributed by atoms with Crippen LogP contribution in [0.5, 0.6) is 0 Å². The monoisotopic (exact) mass is 233 g/mol. The number of pyridine rings is 1. The quantitative estimate of drug-likeness (QED) is 0.813. The van der Waals surface area contributed by atoms with Crippen molar-refractivity contribution in [2.75, 3.05) is 26.7 Å². The lowest BCUT2D eigenvalue weighted by Crippen LogP contribution is -2.46. The van der Waals surface area contributed by atoms with Crippen LogP contribution in [0.2, 0.25) is 0 Å². The van der Waals surface area contributed by atoms with E-state index in [0.29, 0.717) is 5.41 Å². The van der Waals surface area contributed by atoms with Crippen molar-refractivity contribution in [1.82, 2.24) is 9.88 Å². The van der Waals surface area contributed by atoms with Gasteiger partial charge in [0, 0.05) is 25.5 Å². The second-order valence-electron chi connectivity index (χ2n) is 5.40. The van der Waals surface area contributed by atoms with E-state index in [0.717, 1.165) is 26.1 Å². The molecule has 0 aromatic carbocycles. The van der Waals surface area contributed by atoms with E-state index in [4.69, 9.17) is 5.73 Å². The van der Waals surface area contributed by atoms with E-state index in [-0.39, 0.29) is 0 Å². The summed E-state index contributed by atoms with van der Waals surface area (Å²) < 4.78 is 0. The molecule has 17 heavy (non-hydrogen) atoms. The van der Waals surface area contributed by atoms with E-state index in [9.17, 15) is 0 Å². The molecule has 0 aliphatic heterocycles. The van der Waals surface area contributed by atoms with Crippen LogP contribution in [0.25, 0.3) is 0 Å². The highest BCUT2D eigenvalue weighted by Gasteiger charge is 2.36. The molecule has 3 heteroatoms. The predicted molar refractivity (Wildman–Crippen MR) is 70.8 cm³/mol. The Kier molecular flexibility index (Phi) is 4.13. The molecule has 0 unspecified atom stereocenters. The SMILES string of the molecule is CN(CCc1ccncc1)CC1(CN)CCC1. The summed E-state index contributed by atoms with van der Waals surface area (Å²) in [7, 11) is 2.21. The van der Waals surface area contributed by atoms with Crippen LogP contribution in [0.3, 0.4) is 0 Å². The maximum atomic E-state index is 5.89. The van der Waals surface area contributed by atoms with Gasteiger partial charge in [0.25, 0.3) is 0 Å². The van der Waals surface area contributed by atoms with E-state index in [1.165, 1.54) is 24.8 Å². The van der Waals surface area contributed by atoms with Crippen molar-refractivity contribution >= 4 is 0 Å². The first-order valence-corrected chi connectivity index (χ1v) is 6.52. The molecule has 1 aromatic heterocycles. The average molecular weight is 233 g/mol. The molecule has 2 N–H and O–H groups in total. The Morgan fingerprint density at radius 3 is 2.59 bits per heavy atom. The van der Waals surface area contributed by atoms with Gasteiger partial charge in [-0.05, 0) is 56.0 Å². The summed E-state index contributed by atoms with van der Waals surface area (Å²) in [6.45, 7) is 3.09. The molecule has 1 aliphatic rings. The second-order valence-corrected chi connectivity index (χ2v) is 5.40. The number of nitrogens with two attached hydrogens (primary N) is 1. The first-order valence-electron chi connectivity index (χ1n) is 6.52. The van der Waals surface area contributed by atoms with Crippen LogP contribution >= 0.6 is 0 Å². The van der Waals surface area contributed by atoms with Crippen LogP contribution < -0.4 is 5.73 Å². The van der Waals surface area contributed by atoms with Gasteiger partial charge < -0.3 is 10.6 Å². The summed E-state index contributed by atoms with van der Waals surface area (Å²) >= 11 is 0. The zero-order valence-corrected chi connectivity index (χ0v) is 10.7. The van der Waals surface area contributed by atoms with Crippen LogP contribution in [0.1, 0.15) is 24.8 Å². The van der Waals surface area contributed by atoms with Crippen molar-refractivity contribution in [2.24, 2.45) is 11.1 Å². The molecule has 3 nitrogen and oxygen atoms in total. The van der Waals surface area contributed by atoms with Crippen LogP contribution in [0.4, 0.5) is 0 Å². The van der Waals surface area contributed by atoms with Crippen molar-refractivity contribution < 1.29 is 0 Å². The summed E-state index contributed by atoms with van der Waals surface area (Å²) in [4.78, 5) is 6.46. The molecule has 0 bridgehead atoms. The lowest BCUT2D eigenvalue weighted by Gasteiger charge is -2.43. The van der Waals surface area contributed by atoms with E-state index >= 15 is 0 Å². The molecule has 1 saturated carbocycles. The first kappa shape index (κ1) is 12.5. The fourth-order valence-electron chi connectivity index (χ4n) is 2.62. The van der Waals surface area contributed by atoms with Crippen LogP contribution in [0.15, 0.2) is 24.5 Å². The predicted octanol–water partition coefficient (Wildman–Crippen LogP) is 1.68. The van der Waals surface area contributed by atoms with Gasteiger partial charge in [0.15, 0.2) is 0 Å². The first-order chi connectivity index (χ1) is 8.24. The van der Waals surface area contributed by atoms with E-state index in [2.05, 4.69) is 29.1 Å². The van der Waals surface area contributed by atoms with Gasteiger partial charge in [-0.15, -0.1) is 0 Å². The third kappa shape index (κ3) is 3.27. The maximum absolute atomic E-state index is 5.89. The molecule has 0 saturated heterocycles. The molecule has 1 aliphatic carbocycles. The molecule has 2 rings (SSSR count). The number of hydrogen-bond donors (Lipinski definition) is 1. The van der Waals surface area contributed by atoms with Crippen molar-refractivity contribution in [3.8, 4) is 0 Å². The number of rotatable bonds is 6. The van der Waals surface area contributed by atoms with Gasteiger partial charge in [-0.2, -0.15) is 0 Å². The molecule has 0 amide bonds. The van der Waals surface area contributed by atoms with Crippen molar-refractivity contribution in [1.29, 1.82) is 0 Å². The maximum Gasteiger partial charge on any atom is 0.0270 e. The minimum Gasteiger partial charge on any atom is -0.330 e. The number of aromatic nitrogens is 1. The van der Waals surface area contributed by atoms with E-state index in [1.54, 1.807) is 0 Å². The van der Waals surface area contributed by atoms with E-state index in [1.807, 2.05) is 12.4 Å². The van der Waals surface area contributed by atoms with Gasteiger partial charge in [-0.1, -0.05) is 6.42 Å². The fourth-order valence-corrected chi connectivity index (χ4v) is 2.62. The van der Waals surface area contributed by atoms with Crippen LogP contribution in [-0.4, -0.2) is 36.6 Å². The Bertz CT molecular complexity index is 327. The standard InChI is InChI=1S/C14H23N3/c1-17(12-14(11-15)6-2-7-14)10-5-13-3-8-16-9-4-13/h3-4,8-9H,2,5-7,10-12,15H2,1H3.